The van der Waals surface area contributed by atoms with E-state index in [1.165, 1.54) is 31.2 Å². The van der Waals surface area contributed by atoms with Gasteiger partial charge in [-0.15, -0.1) is 0 Å². The molecule has 0 saturated heterocycles. The van der Waals surface area contributed by atoms with Crippen molar-refractivity contribution in [2.75, 3.05) is 6.54 Å². The van der Waals surface area contributed by atoms with Gasteiger partial charge < -0.3 is 59.9 Å². The second-order valence-corrected chi connectivity index (χ2v) is 15.5. The highest BCUT2D eigenvalue weighted by molar-refractivity contribution is 5.97. The average Bonchev–Trinajstić information content (AvgIpc) is 3.21. The van der Waals surface area contributed by atoms with Crippen molar-refractivity contribution in [3.63, 3.8) is 0 Å². The molecule has 0 spiro atoms. The van der Waals surface area contributed by atoms with Crippen molar-refractivity contribution < 1.29 is 48.4 Å². The Morgan fingerprint density at radius 2 is 1.17 bits per heavy atom. The van der Waals surface area contributed by atoms with Crippen LogP contribution >= 0.6 is 0 Å². The van der Waals surface area contributed by atoms with E-state index >= 15 is 0 Å². The van der Waals surface area contributed by atoms with Crippen LogP contribution in [0.3, 0.4) is 0 Å². The molecular weight excluding hydrogens is 825 g/mol. The summed E-state index contributed by atoms with van der Waals surface area (Å²) in [5.41, 5.74) is 22.2. The Labute approximate surface area is 366 Å². The molecule has 0 saturated carbocycles. The lowest BCUT2D eigenvalue weighted by Crippen LogP contribution is -2.60. The van der Waals surface area contributed by atoms with Crippen LogP contribution in [-0.4, -0.2) is 112 Å². The third-order valence-electron chi connectivity index (χ3n) is 9.79. The molecule has 0 fully saturated rings. The summed E-state index contributed by atoms with van der Waals surface area (Å²) < 4.78 is 0. The number of nitrogens with one attached hydrogen (secondary N) is 6. The average molecular weight is 891 g/mol. The summed E-state index contributed by atoms with van der Waals surface area (Å²) in [6.45, 7) is 8.63. The number of aliphatic imine (C=N–C) groups is 1. The predicted molar refractivity (Wildman–Crippen MR) is 232 cm³/mol. The highest BCUT2D eigenvalue weighted by atomic mass is 16.6. The van der Waals surface area contributed by atoms with Crippen molar-refractivity contribution in [2.24, 2.45) is 33.8 Å². The van der Waals surface area contributed by atoms with Crippen LogP contribution in [0.1, 0.15) is 104 Å². The number of hydrogen-bond donors (Lipinski definition) is 11. The van der Waals surface area contributed by atoms with Crippen LogP contribution in [0.15, 0.2) is 29.3 Å². The first-order valence-corrected chi connectivity index (χ1v) is 21.0. The molecule has 0 aromatic heterocycles. The molecular formula is C40H66N12O11. The van der Waals surface area contributed by atoms with Gasteiger partial charge in [0, 0.05) is 31.5 Å². The van der Waals surface area contributed by atoms with Gasteiger partial charge in [0.1, 0.15) is 36.3 Å². The molecule has 0 heterocycles. The van der Waals surface area contributed by atoms with Gasteiger partial charge in [-0.3, -0.25) is 53.5 Å². The lowest BCUT2D eigenvalue weighted by molar-refractivity contribution is -0.384. The molecule has 352 valence electrons. The summed E-state index contributed by atoms with van der Waals surface area (Å²) in [6.07, 6.45) is 1.97. The number of nitro benzene ring substituents is 1. The van der Waals surface area contributed by atoms with Gasteiger partial charge in [0.05, 0.1) is 11.0 Å². The molecule has 0 aliphatic carbocycles. The molecule has 0 aliphatic rings. The van der Waals surface area contributed by atoms with Crippen molar-refractivity contribution in [1.29, 1.82) is 0 Å². The third kappa shape index (κ3) is 20.8. The molecule has 15 N–H and O–H groups in total. The molecule has 7 amide bonds. The molecule has 1 aromatic carbocycles. The van der Waals surface area contributed by atoms with Crippen molar-refractivity contribution in [3.05, 3.63) is 39.9 Å². The maximum absolute atomic E-state index is 14.1. The summed E-state index contributed by atoms with van der Waals surface area (Å²) in [6, 6.07) is -3.64. The SMILES string of the molecule is CCCCC(NC(=O)C(C)NC(=O)C(CCC(=O)O)NC(=O)C(Cc1ccc([N+](=O)[O-])cc1)NC(=O)C(CCCC)NC(=O)C(NC(=O)C(N)CCCN=C(N)N)C(C)C)C(N)=O. The molecule has 0 radical (unpaired) electrons. The van der Waals surface area contributed by atoms with Crippen LogP contribution in [-0.2, 0) is 44.8 Å². The summed E-state index contributed by atoms with van der Waals surface area (Å²) in [5, 5.41) is 36.0. The molecule has 1 rings (SSSR count). The smallest absolute Gasteiger partial charge is 0.303 e. The van der Waals surface area contributed by atoms with Crippen LogP contribution < -0.4 is 54.8 Å². The fraction of sp³-hybridized carbons (Fsp3) is 0.625. The number of carbonyl (C=O) groups excluding carboxylic acids is 7. The number of carboxylic acids is 1. The normalized spacial score (nSPS) is 14.3. The van der Waals surface area contributed by atoms with Crippen LogP contribution in [0.25, 0.3) is 0 Å². The van der Waals surface area contributed by atoms with E-state index in [4.69, 9.17) is 22.9 Å². The van der Waals surface area contributed by atoms with E-state index in [2.05, 4.69) is 36.9 Å². The highest BCUT2D eigenvalue weighted by Gasteiger charge is 2.34. The molecule has 0 bridgehead atoms. The Morgan fingerprint density at radius 3 is 1.70 bits per heavy atom. The second-order valence-electron chi connectivity index (χ2n) is 15.5. The topological polar surface area (TPSA) is 389 Å². The van der Waals surface area contributed by atoms with E-state index in [0.29, 0.717) is 31.2 Å². The van der Waals surface area contributed by atoms with Crippen molar-refractivity contribution in [2.45, 2.75) is 148 Å². The number of amides is 7. The maximum Gasteiger partial charge on any atom is 0.303 e. The summed E-state index contributed by atoms with van der Waals surface area (Å²) >= 11 is 0. The van der Waals surface area contributed by atoms with Gasteiger partial charge in [0.25, 0.3) is 5.69 Å². The van der Waals surface area contributed by atoms with E-state index in [1.807, 2.05) is 13.8 Å². The number of non-ortho nitro benzene ring substituents is 1. The van der Waals surface area contributed by atoms with Crippen LogP contribution in [0, 0.1) is 16.0 Å². The zero-order chi connectivity index (χ0) is 47.8. The number of carbonyl (C=O) groups is 8. The standard InChI is InChI=1S/C40H66N12O11/c1-6-8-12-27(33(42)55)47-34(56)23(5)46-36(58)29(18-19-31(53)54)48-38(60)30(21-24-14-16-25(17-15-24)52(62)63)50-37(59)28(13-9-7-2)49-39(61)32(22(3)4)51-35(57)26(41)11-10-20-45-40(43)44/h14-17,22-23,26-30,32H,6-13,18-21,41H2,1-5H3,(H2,42,55)(H,46,58)(H,47,56)(H,48,60)(H,49,61)(H,50,59)(H,51,57)(H,53,54)(H4,43,44,45). The number of carboxylic acid groups (broad SMARTS) is 1. The number of aliphatic carboxylic acids is 1. The summed E-state index contributed by atoms with van der Waals surface area (Å²) in [5.74, 6) is -7.52. The molecule has 23 nitrogen and oxygen atoms in total. The lowest BCUT2D eigenvalue weighted by atomic mass is 10.00. The number of nitro groups is 1. The van der Waals surface area contributed by atoms with Gasteiger partial charge in [-0.2, -0.15) is 0 Å². The maximum atomic E-state index is 14.1. The number of rotatable bonds is 30. The summed E-state index contributed by atoms with van der Waals surface area (Å²) in [4.78, 5) is 119. The number of hydrogen-bond acceptors (Lipinski definition) is 12. The van der Waals surface area contributed by atoms with Crippen LogP contribution in [0.5, 0.6) is 0 Å². The fourth-order valence-corrected chi connectivity index (χ4v) is 6.03. The minimum atomic E-state index is -1.56. The van der Waals surface area contributed by atoms with Gasteiger partial charge in [0.2, 0.25) is 41.4 Å². The number of primary amides is 1. The lowest BCUT2D eigenvalue weighted by Gasteiger charge is -2.28. The Bertz CT molecular complexity index is 1760. The predicted octanol–water partition coefficient (Wildman–Crippen LogP) is -1.17. The fourth-order valence-electron chi connectivity index (χ4n) is 6.03. The Hall–Kier alpha value is -6.39. The van der Waals surface area contributed by atoms with E-state index < -0.39 is 113 Å². The van der Waals surface area contributed by atoms with Crippen molar-refractivity contribution >= 4 is 59.0 Å². The molecule has 1 aromatic rings. The minimum absolute atomic E-state index is 0.0989. The van der Waals surface area contributed by atoms with Gasteiger partial charge in [-0.05, 0) is 50.5 Å². The number of unbranched alkanes of at least 4 members (excludes halogenated alkanes) is 2. The number of guanidine groups is 1. The third-order valence-corrected chi connectivity index (χ3v) is 9.79. The van der Waals surface area contributed by atoms with Gasteiger partial charge >= 0.3 is 5.97 Å². The highest BCUT2D eigenvalue weighted by Crippen LogP contribution is 2.15. The zero-order valence-corrected chi connectivity index (χ0v) is 36.6. The monoisotopic (exact) mass is 890 g/mol. The van der Waals surface area contributed by atoms with Crippen molar-refractivity contribution in [1.82, 2.24) is 31.9 Å². The Morgan fingerprint density at radius 1 is 0.667 bits per heavy atom. The number of nitrogens with two attached hydrogens (primary N) is 4. The van der Waals surface area contributed by atoms with Crippen LogP contribution in [0.4, 0.5) is 5.69 Å². The quantitative estimate of drug-likeness (QED) is 0.0143. The first-order chi connectivity index (χ1) is 29.6. The Balaban J connectivity index is 3.43. The van der Waals surface area contributed by atoms with Gasteiger partial charge in [-0.1, -0.05) is 65.5 Å². The van der Waals surface area contributed by atoms with E-state index in [9.17, 15) is 53.6 Å². The van der Waals surface area contributed by atoms with Gasteiger partial charge in [0.15, 0.2) is 5.96 Å². The van der Waals surface area contributed by atoms with E-state index in [-0.39, 0.29) is 43.9 Å². The molecule has 23 heteroatoms. The number of nitrogens with zero attached hydrogens (tertiary/aromatic N) is 2. The van der Waals surface area contributed by atoms with Gasteiger partial charge in [-0.25, -0.2) is 0 Å². The largest absolute Gasteiger partial charge is 0.481 e. The van der Waals surface area contributed by atoms with Crippen molar-refractivity contribution in [3.8, 4) is 0 Å². The second kappa shape index (κ2) is 28.3. The molecule has 0 aliphatic heterocycles. The Kier molecular flexibility index (Phi) is 24.5. The zero-order valence-electron chi connectivity index (χ0n) is 36.6. The van der Waals surface area contributed by atoms with E-state index in [0.717, 1.165) is 6.42 Å². The molecule has 63 heavy (non-hydrogen) atoms. The van der Waals surface area contributed by atoms with Crippen LogP contribution in [0.2, 0.25) is 0 Å². The first kappa shape index (κ1) is 54.6. The molecule has 7 atom stereocenters. The molecule has 7 unspecified atom stereocenters. The minimum Gasteiger partial charge on any atom is -0.481 e. The summed E-state index contributed by atoms with van der Waals surface area (Å²) in [7, 11) is 0. The number of benzene rings is 1. The van der Waals surface area contributed by atoms with E-state index in [1.54, 1.807) is 13.8 Å². The first-order valence-electron chi connectivity index (χ1n) is 21.0.